The van der Waals surface area contributed by atoms with Gasteiger partial charge in [0, 0.05) is 25.7 Å². The summed E-state index contributed by atoms with van der Waals surface area (Å²) in [5, 5.41) is 5.98. The van der Waals surface area contributed by atoms with Gasteiger partial charge in [-0.25, -0.2) is 14.4 Å². The van der Waals surface area contributed by atoms with Gasteiger partial charge in [0.05, 0.1) is 11.4 Å². The molecule has 33 heavy (non-hydrogen) atoms. The van der Waals surface area contributed by atoms with E-state index in [-0.39, 0.29) is 17.6 Å². The third-order valence-corrected chi connectivity index (χ3v) is 6.70. The second-order valence-electron chi connectivity index (χ2n) is 8.04. The molecule has 0 bridgehead atoms. The van der Waals surface area contributed by atoms with Crippen molar-refractivity contribution in [3.63, 3.8) is 0 Å². The molecule has 0 radical (unpaired) electrons. The van der Waals surface area contributed by atoms with E-state index in [9.17, 15) is 17.6 Å². The number of nitrogens with one attached hydrogen (secondary N) is 2. The van der Waals surface area contributed by atoms with E-state index < -0.39 is 11.2 Å². The standard InChI is InChI=1S/C23H21F4N5S/c24-15-5-3-4-14(12-15)8-9-16-13-32(11-10-28-16)20-19-21(33-22(31-19)23(25,26)27)30-18-7-2-1-6-17(18)29-20/h1-7,12,16,28,30H,8-11,13H2/t16-/m0/s1. The van der Waals surface area contributed by atoms with E-state index in [0.29, 0.717) is 59.6 Å². The molecule has 0 unspecified atom stereocenters. The van der Waals surface area contributed by atoms with Crippen LogP contribution in [0, 0.1) is 5.82 Å². The predicted molar refractivity (Wildman–Crippen MR) is 121 cm³/mol. The quantitative estimate of drug-likeness (QED) is 0.502. The number of aryl methyl sites for hydroxylation is 1. The van der Waals surface area contributed by atoms with Crippen molar-refractivity contribution in [1.29, 1.82) is 0 Å². The highest BCUT2D eigenvalue weighted by Crippen LogP contribution is 2.42. The van der Waals surface area contributed by atoms with Crippen molar-refractivity contribution in [3.05, 3.63) is 70.6 Å². The van der Waals surface area contributed by atoms with Gasteiger partial charge in [0.2, 0.25) is 5.01 Å². The smallest absolute Gasteiger partial charge is 0.352 e. The fourth-order valence-corrected chi connectivity index (χ4v) is 4.95. The highest BCUT2D eigenvalue weighted by Gasteiger charge is 2.38. The van der Waals surface area contributed by atoms with E-state index in [1.54, 1.807) is 12.1 Å². The summed E-state index contributed by atoms with van der Waals surface area (Å²) in [6, 6.07) is 13.9. The highest BCUT2D eigenvalue weighted by atomic mass is 32.1. The summed E-state index contributed by atoms with van der Waals surface area (Å²) in [6.45, 7) is 1.82. The lowest BCUT2D eigenvalue weighted by Gasteiger charge is -2.35. The molecule has 3 aromatic rings. The molecule has 1 fully saturated rings. The van der Waals surface area contributed by atoms with Gasteiger partial charge in [0.15, 0.2) is 5.84 Å². The average molecular weight is 476 g/mol. The lowest BCUT2D eigenvalue weighted by atomic mass is 10.0. The maximum absolute atomic E-state index is 13.5. The predicted octanol–water partition coefficient (Wildman–Crippen LogP) is 5.34. The average Bonchev–Trinajstić information content (AvgIpc) is 3.15. The van der Waals surface area contributed by atoms with Crippen molar-refractivity contribution in [2.24, 2.45) is 4.99 Å². The summed E-state index contributed by atoms with van der Waals surface area (Å²) in [6.07, 6.45) is -3.07. The zero-order chi connectivity index (χ0) is 23.0. The normalized spacial score (nSPS) is 18.1. The maximum Gasteiger partial charge on any atom is 0.443 e. The Morgan fingerprint density at radius 2 is 1.97 bits per heavy atom. The van der Waals surface area contributed by atoms with Crippen LogP contribution in [0.3, 0.4) is 0 Å². The van der Waals surface area contributed by atoms with Gasteiger partial charge < -0.3 is 15.5 Å². The Labute approximate surface area is 192 Å². The van der Waals surface area contributed by atoms with Gasteiger partial charge in [0.25, 0.3) is 0 Å². The van der Waals surface area contributed by atoms with Crippen LogP contribution in [-0.2, 0) is 12.6 Å². The molecule has 1 atom stereocenters. The Kier molecular flexibility index (Phi) is 5.79. The van der Waals surface area contributed by atoms with E-state index >= 15 is 0 Å². The molecule has 3 heterocycles. The van der Waals surface area contributed by atoms with Crippen LogP contribution in [0.1, 0.15) is 22.7 Å². The summed E-state index contributed by atoms with van der Waals surface area (Å²) in [5.41, 5.74) is 2.43. The third-order valence-electron chi connectivity index (χ3n) is 5.69. The van der Waals surface area contributed by atoms with Gasteiger partial charge in [-0.15, -0.1) is 0 Å². The van der Waals surface area contributed by atoms with Crippen LogP contribution in [-0.4, -0.2) is 41.4 Å². The summed E-state index contributed by atoms with van der Waals surface area (Å²) < 4.78 is 53.8. The minimum absolute atomic E-state index is 0.0837. The third kappa shape index (κ3) is 4.72. The summed E-state index contributed by atoms with van der Waals surface area (Å²) in [7, 11) is 0. The van der Waals surface area contributed by atoms with Gasteiger partial charge >= 0.3 is 6.18 Å². The minimum Gasteiger partial charge on any atom is -0.352 e. The molecular formula is C23H21F4N5S. The molecule has 2 aromatic carbocycles. The number of aromatic nitrogens is 1. The van der Waals surface area contributed by atoms with Gasteiger partial charge in [0.1, 0.15) is 16.5 Å². The number of para-hydroxylation sites is 2. The van der Waals surface area contributed by atoms with Crippen LogP contribution in [0.15, 0.2) is 53.5 Å². The molecule has 0 spiro atoms. The lowest BCUT2D eigenvalue weighted by Crippen LogP contribution is -2.53. The van der Waals surface area contributed by atoms with Crippen LogP contribution < -0.4 is 10.6 Å². The van der Waals surface area contributed by atoms with Crippen molar-refractivity contribution in [2.45, 2.75) is 25.1 Å². The summed E-state index contributed by atoms with van der Waals surface area (Å²) in [5.74, 6) is 0.174. The fourth-order valence-electron chi connectivity index (χ4n) is 4.11. The number of fused-ring (bicyclic) bond motifs is 2. The molecule has 0 amide bonds. The van der Waals surface area contributed by atoms with E-state index in [4.69, 9.17) is 4.99 Å². The number of halogens is 4. The first-order valence-corrected chi connectivity index (χ1v) is 11.4. The zero-order valence-electron chi connectivity index (χ0n) is 17.5. The number of alkyl halides is 3. The number of hydrogen-bond acceptors (Lipinski definition) is 6. The van der Waals surface area contributed by atoms with Crippen molar-refractivity contribution < 1.29 is 17.6 Å². The zero-order valence-corrected chi connectivity index (χ0v) is 18.3. The number of piperazine rings is 1. The van der Waals surface area contributed by atoms with E-state index in [2.05, 4.69) is 15.6 Å². The first kappa shape index (κ1) is 21.8. The SMILES string of the molecule is Fc1cccc(CC[C@H]2CN(C3=Nc4ccccc4Nc4sc(C(F)(F)F)nc43)CCN2)c1. The molecule has 5 rings (SSSR count). The molecule has 0 aliphatic carbocycles. The fraction of sp³-hybridized carbons (Fsp3) is 0.304. The van der Waals surface area contributed by atoms with Crippen LogP contribution in [0.4, 0.5) is 33.9 Å². The highest BCUT2D eigenvalue weighted by molar-refractivity contribution is 7.16. The molecule has 2 aliphatic heterocycles. The number of rotatable bonds is 3. The first-order chi connectivity index (χ1) is 15.9. The van der Waals surface area contributed by atoms with Crippen molar-refractivity contribution in [2.75, 3.05) is 25.0 Å². The minimum atomic E-state index is -4.53. The Balaban J connectivity index is 1.43. The number of hydrogen-bond donors (Lipinski definition) is 2. The molecule has 10 heteroatoms. The number of amidine groups is 1. The Hall–Kier alpha value is -2.98. The lowest BCUT2D eigenvalue weighted by molar-refractivity contribution is -0.137. The van der Waals surface area contributed by atoms with E-state index in [1.807, 2.05) is 29.2 Å². The number of thiazole rings is 1. The Bertz CT molecular complexity index is 1190. The van der Waals surface area contributed by atoms with Crippen LogP contribution in [0.5, 0.6) is 0 Å². The second-order valence-corrected chi connectivity index (χ2v) is 9.04. The van der Waals surface area contributed by atoms with Crippen LogP contribution >= 0.6 is 11.3 Å². The van der Waals surface area contributed by atoms with E-state index in [1.165, 1.54) is 12.1 Å². The largest absolute Gasteiger partial charge is 0.443 e. The monoisotopic (exact) mass is 475 g/mol. The van der Waals surface area contributed by atoms with Gasteiger partial charge in [-0.3, -0.25) is 0 Å². The van der Waals surface area contributed by atoms with Gasteiger partial charge in [-0.1, -0.05) is 35.6 Å². The van der Waals surface area contributed by atoms with Crippen molar-refractivity contribution in [1.82, 2.24) is 15.2 Å². The molecule has 1 aromatic heterocycles. The molecule has 0 saturated carbocycles. The second kappa shape index (κ2) is 8.75. The molecule has 5 nitrogen and oxygen atoms in total. The van der Waals surface area contributed by atoms with E-state index in [0.717, 1.165) is 12.0 Å². The van der Waals surface area contributed by atoms with Crippen LogP contribution in [0.2, 0.25) is 0 Å². The van der Waals surface area contributed by atoms with Crippen LogP contribution in [0.25, 0.3) is 0 Å². The Morgan fingerprint density at radius 1 is 1.12 bits per heavy atom. The van der Waals surface area contributed by atoms with Gasteiger partial charge in [-0.05, 0) is 42.7 Å². The molecule has 172 valence electrons. The molecule has 2 aliphatic rings. The topological polar surface area (TPSA) is 52.5 Å². The Morgan fingerprint density at radius 3 is 2.79 bits per heavy atom. The first-order valence-electron chi connectivity index (χ1n) is 10.6. The maximum atomic E-state index is 13.5. The summed E-state index contributed by atoms with van der Waals surface area (Å²) in [4.78, 5) is 10.7. The number of anilines is 2. The van der Waals surface area contributed by atoms with Gasteiger partial charge in [-0.2, -0.15) is 13.2 Å². The molecule has 2 N–H and O–H groups in total. The number of benzene rings is 2. The number of nitrogens with zero attached hydrogens (tertiary/aromatic N) is 3. The number of aliphatic imine (C=N–C) groups is 1. The van der Waals surface area contributed by atoms with Crippen molar-refractivity contribution in [3.8, 4) is 0 Å². The molecular weight excluding hydrogens is 454 g/mol. The summed E-state index contributed by atoms with van der Waals surface area (Å²) >= 11 is 0.591. The molecule has 1 saturated heterocycles. The van der Waals surface area contributed by atoms with Crippen molar-refractivity contribution >= 4 is 33.5 Å².